The first kappa shape index (κ1) is 22.2. The summed E-state index contributed by atoms with van der Waals surface area (Å²) in [5.74, 6) is 1.14. The summed E-state index contributed by atoms with van der Waals surface area (Å²) in [5, 5.41) is 0.437. The molecule has 1 amide bonds. The highest BCUT2D eigenvalue weighted by molar-refractivity contribution is 8.00. The fourth-order valence-corrected chi connectivity index (χ4v) is 4.76. The lowest BCUT2D eigenvalue weighted by Crippen LogP contribution is -2.33. The lowest BCUT2D eigenvalue weighted by Gasteiger charge is -2.21. The highest BCUT2D eigenvalue weighted by Crippen LogP contribution is 2.36. The van der Waals surface area contributed by atoms with Crippen molar-refractivity contribution >= 4 is 17.7 Å². The van der Waals surface area contributed by atoms with Crippen molar-refractivity contribution in [3.63, 3.8) is 0 Å². The number of hydrogen-bond acceptors (Lipinski definition) is 5. The van der Waals surface area contributed by atoms with E-state index in [-0.39, 0.29) is 17.0 Å². The molecule has 1 aromatic heterocycles. The number of fused-ring (bicyclic) bond motifs is 1. The molecule has 1 aliphatic heterocycles. The molecule has 2 aromatic carbocycles. The average Bonchev–Trinajstić information content (AvgIpc) is 3.20. The molecule has 1 atom stereocenters. The SMILES string of the molecule is CCn1c(-c2ccc3c(c2)OCCO3)cnc1SC(C)C(=O)N(C)Cc1cccc(F)c1. The zero-order valence-electron chi connectivity index (χ0n) is 18.4. The van der Waals surface area contributed by atoms with Gasteiger partial charge < -0.3 is 18.9 Å². The van der Waals surface area contributed by atoms with Gasteiger partial charge in [-0.1, -0.05) is 23.9 Å². The maximum atomic E-state index is 13.5. The van der Waals surface area contributed by atoms with Crippen molar-refractivity contribution < 1.29 is 18.7 Å². The predicted molar refractivity (Wildman–Crippen MR) is 123 cm³/mol. The first-order chi connectivity index (χ1) is 15.5. The fourth-order valence-electron chi connectivity index (χ4n) is 3.70. The van der Waals surface area contributed by atoms with E-state index in [1.54, 1.807) is 18.0 Å². The lowest BCUT2D eigenvalue weighted by molar-refractivity contribution is -0.129. The number of benzene rings is 2. The molecule has 0 N–H and O–H groups in total. The van der Waals surface area contributed by atoms with Crippen molar-refractivity contribution in [2.24, 2.45) is 0 Å². The van der Waals surface area contributed by atoms with Crippen LogP contribution >= 0.6 is 11.8 Å². The predicted octanol–water partition coefficient (Wildman–Crippen LogP) is 4.62. The van der Waals surface area contributed by atoms with Crippen LogP contribution in [-0.2, 0) is 17.9 Å². The number of imidazole rings is 1. The molecule has 168 valence electrons. The Morgan fingerprint density at radius 3 is 2.75 bits per heavy atom. The number of thioether (sulfide) groups is 1. The van der Waals surface area contributed by atoms with E-state index in [0.717, 1.165) is 33.5 Å². The molecule has 0 radical (unpaired) electrons. The summed E-state index contributed by atoms with van der Waals surface area (Å²) >= 11 is 1.42. The molecule has 0 aliphatic carbocycles. The summed E-state index contributed by atoms with van der Waals surface area (Å²) < 4.78 is 26.9. The van der Waals surface area contributed by atoms with E-state index in [2.05, 4.69) is 16.5 Å². The van der Waals surface area contributed by atoms with Crippen LogP contribution in [-0.4, -0.2) is 45.9 Å². The third-order valence-electron chi connectivity index (χ3n) is 5.29. The van der Waals surface area contributed by atoms with E-state index in [1.807, 2.05) is 37.4 Å². The number of hydrogen-bond donors (Lipinski definition) is 0. The van der Waals surface area contributed by atoms with Crippen LogP contribution in [0.4, 0.5) is 4.39 Å². The summed E-state index contributed by atoms with van der Waals surface area (Å²) in [7, 11) is 1.73. The normalized spacial score (nSPS) is 13.6. The number of rotatable bonds is 7. The molecule has 2 heterocycles. The number of carbonyl (C=O) groups excluding carboxylic acids is 1. The molecule has 4 rings (SSSR count). The number of aromatic nitrogens is 2. The minimum atomic E-state index is -0.339. The maximum Gasteiger partial charge on any atom is 0.235 e. The standard InChI is InChI=1S/C24H26FN3O3S/c1-4-28-20(18-8-9-21-22(13-18)31-11-10-30-21)14-26-24(28)32-16(2)23(29)27(3)15-17-6-5-7-19(25)12-17/h5-9,12-14,16H,4,10-11,15H2,1-3H3. The van der Waals surface area contributed by atoms with Crippen molar-refractivity contribution in [2.45, 2.75) is 37.3 Å². The summed E-state index contributed by atoms with van der Waals surface area (Å²) in [6.07, 6.45) is 1.82. The molecule has 6 nitrogen and oxygen atoms in total. The Morgan fingerprint density at radius 2 is 2.00 bits per heavy atom. The average molecular weight is 456 g/mol. The molecular weight excluding hydrogens is 429 g/mol. The van der Waals surface area contributed by atoms with E-state index >= 15 is 0 Å². The highest BCUT2D eigenvalue weighted by Gasteiger charge is 2.23. The number of amides is 1. The number of ether oxygens (including phenoxy) is 2. The zero-order valence-corrected chi connectivity index (χ0v) is 19.2. The second-order valence-electron chi connectivity index (χ2n) is 7.61. The summed E-state index contributed by atoms with van der Waals surface area (Å²) in [5.41, 5.74) is 2.70. The molecule has 0 bridgehead atoms. The quantitative estimate of drug-likeness (QED) is 0.487. The topological polar surface area (TPSA) is 56.6 Å². The van der Waals surface area contributed by atoms with Crippen LogP contribution in [0, 0.1) is 5.82 Å². The number of nitrogens with zero attached hydrogens (tertiary/aromatic N) is 3. The van der Waals surface area contributed by atoms with Gasteiger partial charge in [0.15, 0.2) is 16.7 Å². The van der Waals surface area contributed by atoms with E-state index < -0.39 is 0 Å². The van der Waals surface area contributed by atoms with Crippen LogP contribution in [0.25, 0.3) is 11.3 Å². The van der Waals surface area contributed by atoms with Gasteiger partial charge in [0.1, 0.15) is 19.0 Å². The second-order valence-corrected chi connectivity index (χ2v) is 8.92. The number of carbonyl (C=O) groups is 1. The van der Waals surface area contributed by atoms with Crippen molar-refractivity contribution in [1.29, 1.82) is 0 Å². The highest BCUT2D eigenvalue weighted by atomic mass is 32.2. The van der Waals surface area contributed by atoms with Crippen LogP contribution in [0.5, 0.6) is 11.5 Å². The second kappa shape index (κ2) is 9.65. The smallest absolute Gasteiger partial charge is 0.235 e. The first-order valence-electron chi connectivity index (χ1n) is 10.6. The Balaban J connectivity index is 1.48. The van der Waals surface area contributed by atoms with Crippen molar-refractivity contribution in [3.8, 4) is 22.8 Å². The molecule has 1 aliphatic rings. The summed E-state index contributed by atoms with van der Waals surface area (Å²) in [6, 6.07) is 12.2. The van der Waals surface area contributed by atoms with Crippen molar-refractivity contribution in [3.05, 3.63) is 60.0 Å². The van der Waals surface area contributed by atoms with Gasteiger partial charge in [-0.2, -0.15) is 0 Å². The van der Waals surface area contributed by atoms with Crippen LogP contribution < -0.4 is 9.47 Å². The molecule has 0 spiro atoms. The summed E-state index contributed by atoms with van der Waals surface area (Å²) in [6.45, 7) is 6.08. The van der Waals surface area contributed by atoms with Crippen LogP contribution in [0.2, 0.25) is 0 Å². The van der Waals surface area contributed by atoms with Gasteiger partial charge in [-0.15, -0.1) is 0 Å². The van der Waals surface area contributed by atoms with Crippen LogP contribution in [0.1, 0.15) is 19.4 Å². The largest absolute Gasteiger partial charge is 0.486 e. The Morgan fingerprint density at radius 1 is 1.22 bits per heavy atom. The third-order valence-corrected chi connectivity index (χ3v) is 6.38. The first-order valence-corrected chi connectivity index (χ1v) is 11.5. The van der Waals surface area contributed by atoms with Crippen LogP contribution in [0.15, 0.2) is 53.8 Å². The lowest BCUT2D eigenvalue weighted by atomic mass is 10.1. The molecule has 3 aromatic rings. The van der Waals surface area contributed by atoms with Gasteiger partial charge in [-0.05, 0) is 49.7 Å². The van der Waals surface area contributed by atoms with E-state index in [1.165, 1.54) is 23.9 Å². The van der Waals surface area contributed by atoms with E-state index in [0.29, 0.717) is 26.3 Å². The van der Waals surface area contributed by atoms with Crippen molar-refractivity contribution in [1.82, 2.24) is 14.5 Å². The summed E-state index contributed by atoms with van der Waals surface area (Å²) in [4.78, 5) is 19.1. The van der Waals surface area contributed by atoms with Gasteiger partial charge >= 0.3 is 0 Å². The molecule has 0 fully saturated rings. The van der Waals surface area contributed by atoms with Gasteiger partial charge in [0.25, 0.3) is 0 Å². The Labute approximate surface area is 191 Å². The Bertz CT molecular complexity index is 1120. The van der Waals surface area contributed by atoms with E-state index in [9.17, 15) is 9.18 Å². The fraction of sp³-hybridized carbons (Fsp3) is 0.333. The van der Waals surface area contributed by atoms with Gasteiger partial charge in [-0.3, -0.25) is 4.79 Å². The maximum absolute atomic E-state index is 13.5. The molecule has 0 saturated carbocycles. The van der Waals surface area contributed by atoms with Crippen LogP contribution in [0.3, 0.4) is 0 Å². The van der Waals surface area contributed by atoms with Crippen molar-refractivity contribution in [2.75, 3.05) is 20.3 Å². The van der Waals surface area contributed by atoms with Gasteiger partial charge in [0, 0.05) is 25.7 Å². The van der Waals surface area contributed by atoms with Gasteiger partial charge in [-0.25, -0.2) is 9.37 Å². The Hall–Kier alpha value is -3.00. The molecule has 1 unspecified atom stereocenters. The molecule has 0 saturated heterocycles. The molecule has 32 heavy (non-hydrogen) atoms. The van der Waals surface area contributed by atoms with E-state index in [4.69, 9.17) is 9.47 Å². The minimum absolute atomic E-state index is 0.0363. The third kappa shape index (κ3) is 4.75. The van der Waals surface area contributed by atoms with Gasteiger partial charge in [0.2, 0.25) is 5.91 Å². The molecular formula is C24H26FN3O3S. The minimum Gasteiger partial charge on any atom is -0.486 e. The monoisotopic (exact) mass is 455 g/mol. The Kier molecular flexibility index (Phi) is 6.69. The zero-order chi connectivity index (χ0) is 22.7. The van der Waals surface area contributed by atoms with Gasteiger partial charge in [0.05, 0.1) is 17.1 Å². The molecule has 8 heteroatoms. The number of halogens is 1.